The number of carbonyl (C=O) groups excluding carboxylic acids is 1. The van der Waals surface area contributed by atoms with Gasteiger partial charge in [0, 0.05) is 13.1 Å². The van der Waals surface area contributed by atoms with E-state index >= 15 is 0 Å². The molecule has 1 aliphatic rings. The van der Waals surface area contributed by atoms with Gasteiger partial charge in [-0.3, -0.25) is 15.1 Å². The minimum atomic E-state index is -0.555. The van der Waals surface area contributed by atoms with Crippen LogP contribution in [0.25, 0.3) is 0 Å². The van der Waals surface area contributed by atoms with Crippen LogP contribution in [0.3, 0.4) is 0 Å². The first-order valence-corrected chi connectivity index (χ1v) is 7.42. The number of nitrogens with zero attached hydrogens (tertiary/aromatic N) is 1. The highest BCUT2D eigenvalue weighted by molar-refractivity contribution is 7.12. The van der Waals surface area contributed by atoms with Crippen molar-refractivity contribution in [3.05, 3.63) is 21.9 Å². The van der Waals surface area contributed by atoms with Crippen molar-refractivity contribution in [3.8, 4) is 0 Å². The number of hydrogen-bond donors (Lipinski definition) is 3. The Hall–Kier alpha value is -0.950. The second-order valence-electron chi connectivity index (χ2n) is 5.38. The molecule has 0 radical (unpaired) electrons. The van der Waals surface area contributed by atoms with E-state index in [1.807, 2.05) is 18.4 Å². The molecule has 5 nitrogen and oxygen atoms in total. The number of nitrogens with one attached hydrogen (secondary N) is 1. The van der Waals surface area contributed by atoms with E-state index in [1.54, 1.807) is 0 Å². The number of hydrogen-bond acceptors (Lipinski definition) is 5. The van der Waals surface area contributed by atoms with Crippen molar-refractivity contribution < 1.29 is 9.90 Å². The van der Waals surface area contributed by atoms with Gasteiger partial charge in [-0.1, -0.05) is 0 Å². The lowest BCUT2D eigenvalue weighted by molar-refractivity contribution is 0.0444. The Kier molecular flexibility index (Phi) is 4.57. The maximum absolute atomic E-state index is 11.6. The van der Waals surface area contributed by atoms with Gasteiger partial charge in [-0.15, -0.1) is 11.3 Å². The lowest BCUT2D eigenvalue weighted by atomic mass is 9.98. The van der Waals surface area contributed by atoms with Gasteiger partial charge in [0.25, 0.3) is 5.91 Å². The first-order valence-electron chi connectivity index (χ1n) is 6.54. The first kappa shape index (κ1) is 14.5. The Bertz CT molecular complexity index is 445. The van der Waals surface area contributed by atoms with Crippen molar-refractivity contribution in [1.29, 1.82) is 0 Å². The van der Waals surface area contributed by atoms with Crippen LogP contribution in [-0.2, 0) is 6.54 Å². The van der Waals surface area contributed by atoms with Crippen LogP contribution in [0.5, 0.6) is 0 Å². The second kappa shape index (κ2) is 6.00. The summed E-state index contributed by atoms with van der Waals surface area (Å²) in [5, 5.41) is 12.0. The van der Waals surface area contributed by atoms with Crippen LogP contribution in [0, 0.1) is 0 Å². The highest BCUT2D eigenvalue weighted by Crippen LogP contribution is 2.24. The fourth-order valence-corrected chi connectivity index (χ4v) is 3.26. The number of hydrazine groups is 1. The van der Waals surface area contributed by atoms with Gasteiger partial charge >= 0.3 is 0 Å². The maximum Gasteiger partial charge on any atom is 0.275 e. The Morgan fingerprint density at radius 2 is 2.37 bits per heavy atom. The lowest BCUT2D eigenvalue weighted by Crippen LogP contribution is -2.31. The van der Waals surface area contributed by atoms with Crippen molar-refractivity contribution in [2.75, 3.05) is 13.1 Å². The second-order valence-corrected chi connectivity index (χ2v) is 6.29. The molecule has 106 valence electrons. The number of amides is 1. The van der Waals surface area contributed by atoms with Gasteiger partial charge in [0.2, 0.25) is 0 Å². The molecule has 0 spiro atoms. The molecule has 1 atom stereocenters. The molecule has 1 amide bonds. The van der Waals surface area contributed by atoms with E-state index in [0.717, 1.165) is 44.5 Å². The number of rotatable bonds is 3. The third-order valence-electron chi connectivity index (χ3n) is 3.63. The van der Waals surface area contributed by atoms with Gasteiger partial charge in [0.1, 0.15) is 0 Å². The average Bonchev–Trinajstić information content (AvgIpc) is 2.75. The third-order valence-corrected chi connectivity index (χ3v) is 4.59. The molecule has 1 fully saturated rings. The lowest BCUT2D eigenvalue weighted by Gasteiger charge is -2.22. The van der Waals surface area contributed by atoms with E-state index in [4.69, 9.17) is 5.84 Å². The molecule has 6 heteroatoms. The predicted molar refractivity (Wildman–Crippen MR) is 75.7 cm³/mol. The van der Waals surface area contributed by atoms with Crippen molar-refractivity contribution in [1.82, 2.24) is 10.3 Å². The highest BCUT2D eigenvalue weighted by Gasteiger charge is 2.25. The monoisotopic (exact) mass is 283 g/mol. The van der Waals surface area contributed by atoms with Crippen molar-refractivity contribution in [2.45, 2.75) is 38.3 Å². The minimum absolute atomic E-state index is 0.230. The van der Waals surface area contributed by atoms with Crippen LogP contribution in [0.4, 0.5) is 0 Å². The summed E-state index contributed by atoms with van der Waals surface area (Å²) < 4.78 is 0. The van der Waals surface area contributed by atoms with Gasteiger partial charge in [0.05, 0.1) is 10.5 Å². The third kappa shape index (κ3) is 3.76. The van der Waals surface area contributed by atoms with Gasteiger partial charge in [0.15, 0.2) is 0 Å². The molecule has 0 bridgehead atoms. The van der Waals surface area contributed by atoms with Crippen molar-refractivity contribution >= 4 is 17.2 Å². The summed E-state index contributed by atoms with van der Waals surface area (Å²) in [6.45, 7) is 4.44. The predicted octanol–water partition coefficient (Wildman–Crippen LogP) is 1.09. The molecule has 1 unspecified atom stereocenters. The van der Waals surface area contributed by atoms with E-state index in [9.17, 15) is 9.90 Å². The fraction of sp³-hybridized carbons (Fsp3) is 0.615. The number of carbonyl (C=O) groups is 1. The van der Waals surface area contributed by atoms with Crippen LogP contribution < -0.4 is 11.3 Å². The summed E-state index contributed by atoms with van der Waals surface area (Å²) in [4.78, 5) is 14.6. The van der Waals surface area contributed by atoms with Crippen molar-refractivity contribution in [2.24, 2.45) is 5.84 Å². The molecule has 1 aromatic heterocycles. The molecule has 2 heterocycles. The van der Waals surface area contributed by atoms with Crippen LogP contribution in [0.1, 0.15) is 41.4 Å². The van der Waals surface area contributed by atoms with E-state index in [-0.39, 0.29) is 5.91 Å². The quantitative estimate of drug-likeness (QED) is 0.441. The number of aliphatic hydroxyl groups is 1. The van der Waals surface area contributed by atoms with Crippen molar-refractivity contribution in [3.63, 3.8) is 0 Å². The molecule has 0 aromatic carbocycles. The number of nitrogen functional groups attached to an aromatic ring is 1. The number of thiophene rings is 1. The molecular weight excluding hydrogens is 262 g/mol. The fourth-order valence-electron chi connectivity index (χ4n) is 2.44. The molecule has 0 aliphatic carbocycles. The Morgan fingerprint density at radius 1 is 1.58 bits per heavy atom. The van der Waals surface area contributed by atoms with Crippen LogP contribution >= 0.6 is 11.3 Å². The van der Waals surface area contributed by atoms with E-state index in [1.165, 1.54) is 11.3 Å². The van der Waals surface area contributed by atoms with Crippen LogP contribution in [-0.4, -0.2) is 34.6 Å². The maximum atomic E-state index is 11.6. The normalized spacial score (nSPS) is 25.0. The topological polar surface area (TPSA) is 78.6 Å². The number of nitrogens with two attached hydrogens (primary N) is 1. The zero-order valence-corrected chi connectivity index (χ0v) is 12.0. The standard InChI is InChI=1S/C13H21N3O2S/c1-13(18)4-2-6-16(7-5-13)9-10-3-8-19-11(10)12(17)15-14/h3,8,18H,2,4-7,9,14H2,1H3,(H,15,17). The molecular formula is C13H21N3O2S. The minimum Gasteiger partial charge on any atom is -0.390 e. The van der Waals surface area contributed by atoms with E-state index in [0.29, 0.717) is 4.88 Å². The molecule has 4 N–H and O–H groups in total. The Balaban J connectivity index is 2.01. The Morgan fingerprint density at radius 3 is 3.11 bits per heavy atom. The summed E-state index contributed by atoms with van der Waals surface area (Å²) >= 11 is 1.41. The summed E-state index contributed by atoms with van der Waals surface area (Å²) in [6.07, 6.45) is 2.59. The summed E-state index contributed by atoms with van der Waals surface area (Å²) in [5.74, 6) is 4.96. The summed E-state index contributed by atoms with van der Waals surface area (Å²) in [7, 11) is 0. The zero-order valence-electron chi connectivity index (χ0n) is 11.2. The average molecular weight is 283 g/mol. The molecule has 1 aromatic rings. The number of likely N-dealkylation sites (tertiary alicyclic amines) is 1. The van der Waals surface area contributed by atoms with Gasteiger partial charge in [-0.05, 0) is 49.7 Å². The zero-order chi connectivity index (χ0) is 13.9. The largest absolute Gasteiger partial charge is 0.390 e. The summed E-state index contributed by atoms with van der Waals surface area (Å²) in [6, 6.07) is 1.97. The molecule has 1 aliphatic heterocycles. The SMILES string of the molecule is CC1(O)CCCN(Cc2ccsc2C(=O)NN)CC1. The summed E-state index contributed by atoms with van der Waals surface area (Å²) in [5.41, 5.74) is 2.64. The Labute approximate surface area is 117 Å². The molecule has 1 saturated heterocycles. The molecule has 0 saturated carbocycles. The smallest absolute Gasteiger partial charge is 0.275 e. The van der Waals surface area contributed by atoms with Crippen LogP contribution in [0.2, 0.25) is 0 Å². The molecule has 2 rings (SSSR count). The first-order chi connectivity index (χ1) is 9.02. The van der Waals surface area contributed by atoms with Gasteiger partial charge < -0.3 is 5.11 Å². The van der Waals surface area contributed by atoms with Crippen LogP contribution in [0.15, 0.2) is 11.4 Å². The van der Waals surface area contributed by atoms with E-state index in [2.05, 4.69) is 10.3 Å². The van der Waals surface area contributed by atoms with Gasteiger partial charge in [-0.2, -0.15) is 0 Å². The van der Waals surface area contributed by atoms with Gasteiger partial charge in [-0.25, -0.2) is 5.84 Å². The highest BCUT2D eigenvalue weighted by atomic mass is 32.1. The van der Waals surface area contributed by atoms with E-state index < -0.39 is 5.60 Å². The molecule has 19 heavy (non-hydrogen) atoms.